The lowest BCUT2D eigenvalue weighted by atomic mass is 9.64. The fourth-order valence-corrected chi connectivity index (χ4v) is 3.28. The molecule has 23 heavy (non-hydrogen) atoms. The molecule has 3 nitrogen and oxygen atoms in total. The van der Waals surface area contributed by atoms with Crippen molar-refractivity contribution in [3.05, 3.63) is 42.0 Å². The summed E-state index contributed by atoms with van der Waals surface area (Å²) in [7, 11) is 0. The number of ether oxygens (including phenoxy) is 1. The highest BCUT2D eigenvalue weighted by molar-refractivity contribution is 6.07. The van der Waals surface area contributed by atoms with Crippen LogP contribution in [0.4, 0.5) is 13.2 Å². The minimum absolute atomic E-state index is 0.178. The normalized spacial score (nSPS) is 26.9. The van der Waals surface area contributed by atoms with E-state index in [9.17, 15) is 22.8 Å². The Kier molecular flexibility index (Phi) is 3.78. The van der Waals surface area contributed by atoms with Gasteiger partial charge in [0, 0.05) is 5.92 Å². The number of benzene rings is 1. The van der Waals surface area contributed by atoms with Crippen LogP contribution in [0.3, 0.4) is 0 Å². The summed E-state index contributed by atoms with van der Waals surface area (Å²) in [5, 5.41) is 0. The molecule has 2 bridgehead atoms. The Balaban J connectivity index is 1.85. The molecule has 0 amide bonds. The van der Waals surface area contributed by atoms with Gasteiger partial charge in [-0.15, -0.1) is 0 Å². The Morgan fingerprint density at radius 3 is 2.83 bits per heavy atom. The van der Waals surface area contributed by atoms with Gasteiger partial charge < -0.3 is 4.74 Å². The first-order valence-corrected chi connectivity index (χ1v) is 7.43. The number of fused-ring (bicyclic) bond motifs is 2. The lowest BCUT2D eigenvalue weighted by Crippen LogP contribution is -2.48. The average Bonchev–Trinajstić information content (AvgIpc) is 2.46. The van der Waals surface area contributed by atoms with Crippen molar-refractivity contribution in [1.82, 2.24) is 0 Å². The summed E-state index contributed by atoms with van der Waals surface area (Å²) in [5.74, 6) is -1.41. The maximum absolute atomic E-state index is 12.7. The number of allylic oxidation sites excluding steroid dienone is 2. The number of hydrogen-bond donors (Lipinski definition) is 0. The number of esters is 1. The summed E-state index contributed by atoms with van der Waals surface area (Å²) in [4.78, 5) is 25.0. The molecule has 0 N–H and O–H groups in total. The first kappa shape index (κ1) is 15.8. The van der Waals surface area contributed by atoms with Crippen molar-refractivity contribution < 1.29 is 27.5 Å². The van der Waals surface area contributed by atoms with E-state index in [0.29, 0.717) is 12.8 Å². The molecule has 0 radical (unpaired) electrons. The number of rotatable bonds is 2. The van der Waals surface area contributed by atoms with Gasteiger partial charge in [0.25, 0.3) is 0 Å². The Hall–Kier alpha value is -2.11. The van der Waals surface area contributed by atoms with E-state index < -0.39 is 23.1 Å². The van der Waals surface area contributed by atoms with Crippen LogP contribution in [0.5, 0.6) is 5.75 Å². The molecule has 2 aliphatic rings. The molecule has 0 saturated heterocycles. The first-order valence-electron chi connectivity index (χ1n) is 7.43. The van der Waals surface area contributed by atoms with Crippen molar-refractivity contribution in [2.75, 3.05) is 0 Å². The number of ketones is 1. The van der Waals surface area contributed by atoms with E-state index in [1.807, 2.05) is 0 Å². The molecule has 6 heteroatoms. The number of Topliss-reactive ketones (excluding diaryl/α,β-unsaturated/α-hetero) is 1. The zero-order chi connectivity index (χ0) is 16.7. The zero-order valence-electron chi connectivity index (χ0n) is 12.2. The summed E-state index contributed by atoms with van der Waals surface area (Å²) in [6, 6.07) is 4.14. The van der Waals surface area contributed by atoms with Gasteiger partial charge in [0.1, 0.15) is 11.2 Å². The Labute approximate surface area is 131 Å². The molecular formula is C17H15F3O3. The summed E-state index contributed by atoms with van der Waals surface area (Å²) in [6.07, 6.45) is 1.13. The molecule has 3 rings (SSSR count). The van der Waals surface area contributed by atoms with Crippen LogP contribution in [0.1, 0.15) is 31.2 Å². The highest BCUT2D eigenvalue weighted by Gasteiger charge is 2.52. The topological polar surface area (TPSA) is 43.4 Å². The molecule has 1 aromatic rings. The molecule has 122 valence electrons. The van der Waals surface area contributed by atoms with Crippen molar-refractivity contribution in [1.29, 1.82) is 0 Å². The van der Waals surface area contributed by atoms with Crippen LogP contribution in [0, 0.1) is 11.3 Å². The monoisotopic (exact) mass is 324 g/mol. The van der Waals surface area contributed by atoms with Crippen LogP contribution < -0.4 is 4.74 Å². The minimum atomic E-state index is -4.51. The summed E-state index contributed by atoms with van der Waals surface area (Å²) < 4.78 is 43.3. The lowest BCUT2D eigenvalue weighted by molar-refractivity contribution is -0.157. The molecular weight excluding hydrogens is 309 g/mol. The second kappa shape index (κ2) is 5.51. The van der Waals surface area contributed by atoms with Crippen molar-refractivity contribution in [3.63, 3.8) is 0 Å². The van der Waals surface area contributed by atoms with E-state index in [-0.39, 0.29) is 23.9 Å². The van der Waals surface area contributed by atoms with E-state index in [1.165, 1.54) is 12.1 Å². The van der Waals surface area contributed by atoms with Gasteiger partial charge in [-0.25, -0.2) is 0 Å². The van der Waals surface area contributed by atoms with Crippen molar-refractivity contribution in [2.24, 2.45) is 11.3 Å². The lowest BCUT2D eigenvalue weighted by Gasteiger charge is -2.38. The van der Waals surface area contributed by atoms with Gasteiger partial charge >= 0.3 is 12.1 Å². The van der Waals surface area contributed by atoms with Gasteiger partial charge in [-0.05, 0) is 37.5 Å². The quantitative estimate of drug-likeness (QED) is 0.358. The number of carbonyl (C=O) groups is 2. The standard InChI is InChI=1S/C17H15F3O3/c18-17(19,20)12-6-1-7-13(10-12)23-15(22)16-8-2-4-11(14(16)21)5-3-9-16/h1-2,4,6-7,10-11H,3,5,8-9H2. The van der Waals surface area contributed by atoms with E-state index >= 15 is 0 Å². The Morgan fingerprint density at radius 1 is 1.30 bits per heavy atom. The predicted octanol–water partition coefficient (Wildman–Crippen LogP) is 3.93. The third-order valence-corrected chi connectivity index (χ3v) is 4.52. The van der Waals surface area contributed by atoms with Crippen molar-refractivity contribution in [2.45, 2.75) is 31.9 Å². The molecule has 0 aromatic heterocycles. The molecule has 2 atom stereocenters. The van der Waals surface area contributed by atoms with Gasteiger partial charge in [0.15, 0.2) is 5.78 Å². The molecule has 0 heterocycles. The van der Waals surface area contributed by atoms with Gasteiger partial charge in [0.05, 0.1) is 5.56 Å². The number of halogens is 3. The van der Waals surface area contributed by atoms with Crippen molar-refractivity contribution in [3.8, 4) is 5.75 Å². The Morgan fingerprint density at radius 2 is 2.09 bits per heavy atom. The molecule has 1 fully saturated rings. The Bertz CT molecular complexity index is 678. The molecule has 0 aliphatic heterocycles. The summed E-state index contributed by atoms with van der Waals surface area (Å²) >= 11 is 0. The van der Waals surface area contributed by atoms with Crippen LogP contribution in [0.25, 0.3) is 0 Å². The summed E-state index contributed by atoms with van der Waals surface area (Å²) in [6.45, 7) is 0. The molecule has 0 spiro atoms. The van der Waals surface area contributed by atoms with E-state index in [4.69, 9.17) is 4.74 Å². The van der Waals surface area contributed by atoms with Gasteiger partial charge in [-0.3, -0.25) is 9.59 Å². The van der Waals surface area contributed by atoms with E-state index in [0.717, 1.165) is 18.6 Å². The first-order chi connectivity index (χ1) is 10.8. The van der Waals surface area contributed by atoms with Gasteiger partial charge in [-0.2, -0.15) is 13.2 Å². The third-order valence-electron chi connectivity index (χ3n) is 4.52. The number of carbonyl (C=O) groups excluding carboxylic acids is 2. The van der Waals surface area contributed by atoms with Crippen LogP contribution in [0.15, 0.2) is 36.4 Å². The zero-order valence-corrected chi connectivity index (χ0v) is 12.2. The fraction of sp³-hybridized carbons (Fsp3) is 0.412. The molecule has 1 saturated carbocycles. The number of hydrogen-bond acceptors (Lipinski definition) is 3. The van der Waals surface area contributed by atoms with E-state index in [1.54, 1.807) is 12.2 Å². The fourth-order valence-electron chi connectivity index (χ4n) is 3.28. The molecule has 1 aromatic carbocycles. The smallest absolute Gasteiger partial charge is 0.416 e. The average molecular weight is 324 g/mol. The molecule has 2 aliphatic carbocycles. The van der Waals surface area contributed by atoms with Crippen LogP contribution in [-0.2, 0) is 15.8 Å². The van der Waals surface area contributed by atoms with E-state index in [2.05, 4.69) is 0 Å². The van der Waals surface area contributed by atoms with Crippen LogP contribution in [-0.4, -0.2) is 11.8 Å². The van der Waals surface area contributed by atoms with Crippen LogP contribution in [0.2, 0.25) is 0 Å². The highest BCUT2D eigenvalue weighted by Crippen LogP contribution is 2.44. The predicted molar refractivity (Wildman–Crippen MR) is 75.6 cm³/mol. The second-order valence-electron chi connectivity index (χ2n) is 5.99. The maximum Gasteiger partial charge on any atom is 0.416 e. The third kappa shape index (κ3) is 2.78. The van der Waals surface area contributed by atoms with Gasteiger partial charge in [-0.1, -0.05) is 24.6 Å². The van der Waals surface area contributed by atoms with Gasteiger partial charge in [0.2, 0.25) is 0 Å². The largest absolute Gasteiger partial charge is 0.426 e. The minimum Gasteiger partial charge on any atom is -0.426 e. The number of alkyl halides is 3. The molecule has 2 unspecified atom stereocenters. The SMILES string of the molecule is O=C(Oc1cccc(C(F)(F)F)c1)C12CC=CC(CCC1)C2=O. The van der Waals surface area contributed by atoms with Crippen LogP contribution >= 0.6 is 0 Å². The summed E-state index contributed by atoms with van der Waals surface area (Å²) in [5.41, 5.74) is -2.14. The maximum atomic E-state index is 12.7. The van der Waals surface area contributed by atoms with Crippen molar-refractivity contribution >= 4 is 11.8 Å². The highest BCUT2D eigenvalue weighted by atomic mass is 19.4. The second-order valence-corrected chi connectivity index (χ2v) is 5.99.